The Balaban J connectivity index is 1.82. The van der Waals surface area contributed by atoms with Crippen LogP contribution in [0.2, 0.25) is 0 Å². The molecule has 6 heteroatoms. The fourth-order valence-corrected chi connectivity index (χ4v) is 3.69. The fourth-order valence-electron chi connectivity index (χ4n) is 3.69. The third-order valence-electron chi connectivity index (χ3n) is 5.29. The monoisotopic (exact) mass is 345 g/mol. The SMILES string of the molecule is CCC1CCCN(C(=O)c2ccc(OC)c(N3CCNC3=O)c2)CC1. The number of carbonyl (C=O) groups is 2. The van der Waals surface area contributed by atoms with Gasteiger partial charge in [-0.2, -0.15) is 0 Å². The van der Waals surface area contributed by atoms with E-state index in [1.54, 1.807) is 30.2 Å². The summed E-state index contributed by atoms with van der Waals surface area (Å²) in [4.78, 5) is 28.5. The number of anilines is 1. The Kier molecular flexibility index (Phi) is 5.46. The number of rotatable bonds is 4. The summed E-state index contributed by atoms with van der Waals surface area (Å²) in [7, 11) is 1.58. The Morgan fingerprint density at radius 2 is 2.12 bits per heavy atom. The van der Waals surface area contributed by atoms with Crippen molar-refractivity contribution in [1.82, 2.24) is 10.2 Å². The third kappa shape index (κ3) is 3.72. The summed E-state index contributed by atoms with van der Waals surface area (Å²) in [5.74, 6) is 1.37. The highest BCUT2D eigenvalue weighted by molar-refractivity contribution is 5.99. The molecule has 0 aromatic heterocycles. The number of ether oxygens (including phenoxy) is 1. The van der Waals surface area contributed by atoms with Gasteiger partial charge in [0.2, 0.25) is 0 Å². The minimum atomic E-state index is -0.150. The lowest BCUT2D eigenvalue weighted by Crippen LogP contribution is -2.32. The summed E-state index contributed by atoms with van der Waals surface area (Å²) in [6.45, 7) is 5.02. The molecule has 0 radical (unpaired) electrons. The molecule has 0 spiro atoms. The lowest BCUT2D eigenvalue weighted by atomic mass is 9.98. The van der Waals surface area contributed by atoms with Crippen LogP contribution in [0.3, 0.4) is 0 Å². The van der Waals surface area contributed by atoms with E-state index in [2.05, 4.69) is 12.2 Å². The zero-order valence-electron chi connectivity index (χ0n) is 15.1. The van der Waals surface area contributed by atoms with Crippen LogP contribution in [0.25, 0.3) is 0 Å². The van der Waals surface area contributed by atoms with Gasteiger partial charge in [-0.15, -0.1) is 0 Å². The normalized spacial score (nSPS) is 21.0. The van der Waals surface area contributed by atoms with Crippen LogP contribution in [0.15, 0.2) is 18.2 Å². The van der Waals surface area contributed by atoms with Gasteiger partial charge < -0.3 is 15.0 Å². The lowest BCUT2D eigenvalue weighted by Gasteiger charge is -2.23. The maximum Gasteiger partial charge on any atom is 0.322 e. The van der Waals surface area contributed by atoms with E-state index < -0.39 is 0 Å². The van der Waals surface area contributed by atoms with Crippen molar-refractivity contribution in [2.45, 2.75) is 32.6 Å². The molecular formula is C19H27N3O3. The number of urea groups is 1. The van der Waals surface area contributed by atoms with E-state index in [1.807, 2.05) is 4.90 Å². The van der Waals surface area contributed by atoms with E-state index >= 15 is 0 Å². The van der Waals surface area contributed by atoms with E-state index in [0.29, 0.717) is 30.1 Å². The first-order valence-corrected chi connectivity index (χ1v) is 9.16. The van der Waals surface area contributed by atoms with Crippen LogP contribution < -0.4 is 15.0 Å². The van der Waals surface area contributed by atoms with Crippen LogP contribution in [0, 0.1) is 5.92 Å². The number of benzene rings is 1. The second-order valence-electron chi connectivity index (χ2n) is 6.77. The Hall–Kier alpha value is -2.24. The molecule has 2 aliphatic heterocycles. The van der Waals surface area contributed by atoms with Gasteiger partial charge in [-0.25, -0.2) is 4.79 Å². The second kappa shape index (κ2) is 7.76. The molecule has 1 unspecified atom stereocenters. The average Bonchev–Trinajstić information content (AvgIpc) is 2.92. The molecule has 1 aromatic rings. The maximum absolute atomic E-state index is 13.0. The molecule has 2 fully saturated rings. The predicted octanol–water partition coefficient (Wildman–Crippen LogP) is 2.88. The van der Waals surface area contributed by atoms with Gasteiger partial charge in [0.15, 0.2) is 0 Å². The second-order valence-corrected chi connectivity index (χ2v) is 6.77. The minimum absolute atomic E-state index is 0.0419. The van der Waals surface area contributed by atoms with Crippen LogP contribution in [0.4, 0.5) is 10.5 Å². The van der Waals surface area contributed by atoms with Crippen molar-refractivity contribution in [2.75, 3.05) is 38.2 Å². The van der Waals surface area contributed by atoms with Gasteiger partial charge in [0, 0.05) is 31.7 Å². The van der Waals surface area contributed by atoms with Gasteiger partial charge in [-0.05, 0) is 43.4 Å². The molecule has 0 bridgehead atoms. The average molecular weight is 345 g/mol. The zero-order chi connectivity index (χ0) is 17.8. The van der Waals surface area contributed by atoms with E-state index in [1.165, 1.54) is 12.8 Å². The molecule has 2 aliphatic rings. The smallest absolute Gasteiger partial charge is 0.322 e. The molecule has 3 amide bonds. The standard InChI is InChI=1S/C19H27N3O3/c1-3-14-5-4-10-21(11-8-14)18(23)15-6-7-17(25-2)16(13-15)22-12-9-20-19(22)24/h6-7,13-14H,3-5,8-12H2,1-2H3,(H,20,24). The molecule has 0 saturated carbocycles. The number of hydrogen-bond donors (Lipinski definition) is 1. The highest BCUT2D eigenvalue weighted by Crippen LogP contribution is 2.31. The summed E-state index contributed by atoms with van der Waals surface area (Å²) in [5.41, 5.74) is 1.27. The van der Waals surface area contributed by atoms with Crippen LogP contribution in [0.5, 0.6) is 5.75 Å². The fraction of sp³-hybridized carbons (Fsp3) is 0.579. The molecule has 25 heavy (non-hydrogen) atoms. The van der Waals surface area contributed by atoms with E-state index in [0.717, 1.165) is 31.8 Å². The first-order chi connectivity index (χ1) is 12.1. The number of amides is 3. The van der Waals surface area contributed by atoms with Crippen molar-refractivity contribution in [3.63, 3.8) is 0 Å². The van der Waals surface area contributed by atoms with Crippen molar-refractivity contribution < 1.29 is 14.3 Å². The van der Waals surface area contributed by atoms with Crippen molar-refractivity contribution >= 4 is 17.6 Å². The molecular weight excluding hydrogens is 318 g/mol. The number of carbonyl (C=O) groups excluding carboxylic acids is 2. The van der Waals surface area contributed by atoms with E-state index in [4.69, 9.17) is 4.74 Å². The largest absolute Gasteiger partial charge is 0.495 e. The van der Waals surface area contributed by atoms with Crippen LogP contribution in [-0.4, -0.2) is 50.1 Å². The van der Waals surface area contributed by atoms with Gasteiger partial charge in [-0.1, -0.05) is 13.3 Å². The number of nitrogens with one attached hydrogen (secondary N) is 1. The number of likely N-dealkylation sites (tertiary alicyclic amines) is 1. The topological polar surface area (TPSA) is 61.9 Å². The summed E-state index contributed by atoms with van der Waals surface area (Å²) in [6, 6.07) is 5.21. The molecule has 1 N–H and O–H groups in total. The molecule has 2 heterocycles. The first-order valence-electron chi connectivity index (χ1n) is 9.16. The Bertz CT molecular complexity index is 647. The van der Waals surface area contributed by atoms with Crippen LogP contribution >= 0.6 is 0 Å². The summed E-state index contributed by atoms with van der Waals surface area (Å²) in [6.07, 6.45) is 4.50. The van der Waals surface area contributed by atoms with Crippen molar-refractivity contribution in [3.05, 3.63) is 23.8 Å². The highest BCUT2D eigenvalue weighted by Gasteiger charge is 2.26. The Morgan fingerprint density at radius 3 is 2.80 bits per heavy atom. The molecule has 1 atom stereocenters. The number of nitrogens with zero attached hydrogens (tertiary/aromatic N) is 2. The first kappa shape index (κ1) is 17.6. The summed E-state index contributed by atoms with van der Waals surface area (Å²) in [5, 5.41) is 2.79. The Morgan fingerprint density at radius 1 is 1.28 bits per heavy atom. The minimum Gasteiger partial charge on any atom is -0.495 e. The zero-order valence-corrected chi connectivity index (χ0v) is 15.1. The molecule has 136 valence electrons. The summed E-state index contributed by atoms with van der Waals surface area (Å²) < 4.78 is 5.39. The lowest BCUT2D eigenvalue weighted by molar-refractivity contribution is 0.0760. The molecule has 2 saturated heterocycles. The highest BCUT2D eigenvalue weighted by atomic mass is 16.5. The van der Waals surface area contributed by atoms with Gasteiger partial charge in [0.05, 0.1) is 12.8 Å². The van der Waals surface area contributed by atoms with Gasteiger partial charge in [0.25, 0.3) is 5.91 Å². The third-order valence-corrected chi connectivity index (χ3v) is 5.29. The molecule has 1 aromatic carbocycles. The van der Waals surface area contributed by atoms with Crippen molar-refractivity contribution in [2.24, 2.45) is 5.92 Å². The molecule has 6 nitrogen and oxygen atoms in total. The quantitative estimate of drug-likeness (QED) is 0.913. The Labute approximate surface area is 149 Å². The van der Waals surface area contributed by atoms with Gasteiger partial charge in [-0.3, -0.25) is 9.69 Å². The van der Waals surface area contributed by atoms with Crippen LogP contribution in [-0.2, 0) is 0 Å². The molecule has 3 rings (SSSR count). The van der Waals surface area contributed by atoms with Crippen molar-refractivity contribution in [1.29, 1.82) is 0 Å². The summed E-state index contributed by atoms with van der Waals surface area (Å²) >= 11 is 0. The molecule has 0 aliphatic carbocycles. The number of methoxy groups -OCH3 is 1. The van der Waals surface area contributed by atoms with Gasteiger partial charge in [0.1, 0.15) is 5.75 Å². The van der Waals surface area contributed by atoms with E-state index in [9.17, 15) is 9.59 Å². The maximum atomic E-state index is 13.0. The predicted molar refractivity (Wildman–Crippen MR) is 97.3 cm³/mol. The van der Waals surface area contributed by atoms with Crippen molar-refractivity contribution in [3.8, 4) is 5.75 Å². The number of hydrogen-bond acceptors (Lipinski definition) is 3. The van der Waals surface area contributed by atoms with E-state index in [-0.39, 0.29) is 11.9 Å². The van der Waals surface area contributed by atoms with Gasteiger partial charge >= 0.3 is 6.03 Å². The van der Waals surface area contributed by atoms with Crippen LogP contribution in [0.1, 0.15) is 43.0 Å².